The van der Waals surface area contributed by atoms with Gasteiger partial charge in [-0.2, -0.15) is 0 Å². The number of carbonyl (C=O) groups is 1. The molecule has 0 aliphatic carbocycles. The second kappa shape index (κ2) is 4.85. The molecule has 0 fully saturated rings. The van der Waals surface area contributed by atoms with Crippen molar-refractivity contribution >= 4 is 17.9 Å². The van der Waals surface area contributed by atoms with Crippen molar-refractivity contribution in [3.8, 4) is 11.5 Å². The minimum atomic E-state index is -0.349. The molecular weight excluding hydrogens is 240 g/mol. The number of nitrogens with two attached hydrogens (primary N) is 1. The fraction of sp³-hybridized carbons (Fsp3) is 0.364. The maximum Gasteiger partial charge on any atom is 0.235 e. The standard InChI is InChI=1S/C11H14N2O3S/c1-15-8-4-6-3-7(11(12)14)13-17-10(6)5-9(8)16-2/h4-5,7,13H,3H2,1-2H3,(H2,12,14). The van der Waals surface area contributed by atoms with E-state index in [0.29, 0.717) is 17.9 Å². The van der Waals surface area contributed by atoms with Crippen LogP contribution in [0.4, 0.5) is 0 Å². The molecule has 3 N–H and O–H groups in total. The Morgan fingerprint density at radius 2 is 2.06 bits per heavy atom. The predicted molar refractivity (Wildman–Crippen MR) is 65.2 cm³/mol. The fourth-order valence-electron chi connectivity index (χ4n) is 1.71. The van der Waals surface area contributed by atoms with Crippen LogP contribution in [0.25, 0.3) is 0 Å². The van der Waals surface area contributed by atoms with Gasteiger partial charge in [-0.25, -0.2) is 4.72 Å². The van der Waals surface area contributed by atoms with Gasteiger partial charge in [-0.3, -0.25) is 4.79 Å². The van der Waals surface area contributed by atoms with Gasteiger partial charge in [-0.05, 0) is 36.1 Å². The van der Waals surface area contributed by atoms with Crippen molar-refractivity contribution < 1.29 is 14.3 Å². The van der Waals surface area contributed by atoms with Gasteiger partial charge < -0.3 is 15.2 Å². The van der Waals surface area contributed by atoms with Crippen molar-refractivity contribution in [2.75, 3.05) is 14.2 Å². The molecule has 1 amide bonds. The van der Waals surface area contributed by atoms with Crippen LogP contribution in [0.1, 0.15) is 5.56 Å². The van der Waals surface area contributed by atoms with E-state index >= 15 is 0 Å². The van der Waals surface area contributed by atoms with Crippen LogP contribution in [0, 0.1) is 0 Å². The maximum atomic E-state index is 11.1. The number of hydrogen-bond donors (Lipinski definition) is 2. The number of hydrogen-bond acceptors (Lipinski definition) is 5. The fourth-order valence-corrected chi connectivity index (χ4v) is 2.62. The lowest BCUT2D eigenvalue weighted by Crippen LogP contribution is -2.41. The van der Waals surface area contributed by atoms with Crippen molar-refractivity contribution in [2.24, 2.45) is 5.73 Å². The van der Waals surface area contributed by atoms with Gasteiger partial charge in [0.1, 0.15) is 6.04 Å². The van der Waals surface area contributed by atoms with Crippen molar-refractivity contribution in [2.45, 2.75) is 17.4 Å². The Balaban J connectivity index is 2.35. The molecule has 0 radical (unpaired) electrons. The van der Waals surface area contributed by atoms with Gasteiger partial charge in [0.25, 0.3) is 0 Å². The molecule has 0 saturated carbocycles. The monoisotopic (exact) mass is 254 g/mol. The van der Waals surface area contributed by atoms with Crippen LogP contribution < -0.4 is 19.9 Å². The number of amides is 1. The Morgan fingerprint density at radius 1 is 1.41 bits per heavy atom. The number of fused-ring (bicyclic) bond motifs is 1. The van der Waals surface area contributed by atoms with Crippen LogP contribution in [0.3, 0.4) is 0 Å². The average Bonchev–Trinajstić information content (AvgIpc) is 2.36. The lowest BCUT2D eigenvalue weighted by molar-refractivity contribution is -0.119. The Bertz CT molecular complexity index is 451. The zero-order valence-corrected chi connectivity index (χ0v) is 10.5. The average molecular weight is 254 g/mol. The Morgan fingerprint density at radius 3 is 2.65 bits per heavy atom. The van der Waals surface area contributed by atoms with E-state index in [1.165, 1.54) is 11.9 Å². The molecule has 0 bridgehead atoms. The largest absolute Gasteiger partial charge is 0.493 e. The molecule has 0 aromatic heterocycles. The predicted octanol–water partition coefficient (Wildman–Crippen LogP) is 0.710. The molecule has 1 unspecified atom stereocenters. The first-order valence-corrected chi connectivity index (χ1v) is 5.94. The molecule has 1 aliphatic heterocycles. The minimum Gasteiger partial charge on any atom is -0.493 e. The quantitative estimate of drug-likeness (QED) is 0.777. The molecule has 0 spiro atoms. The van der Waals surface area contributed by atoms with Gasteiger partial charge >= 0.3 is 0 Å². The third kappa shape index (κ3) is 2.32. The zero-order chi connectivity index (χ0) is 12.4. The van der Waals surface area contributed by atoms with Gasteiger partial charge in [0.05, 0.1) is 14.2 Å². The molecule has 1 heterocycles. The Labute approximate surface area is 104 Å². The molecule has 1 atom stereocenters. The molecule has 17 heavy (non-hydrogen) atoms. The van der Waals surface area contributed by atoms with Crippen LogP contribution >= 0.6 is 11.9 Å². The summed E-state index contributed by atoms with van der Waals surface area (Å²) in [6.07, 6.45) is 0.567. The first-order valence-electron chi connectivity index (χ1n) is 5.12. The first-order chi connectivity index (χ1) is 8.15. The summed E-state index contributed by atoms with van der Waals surface area (Å²) >= 11 is 1.39. The summed E-state index contributed by atoms with van der Waals surface area (Å²) in [6.45, 7) is 0. The summed E-state index contributed by atoms with van der Waals surface area (Å²) in [6, 6.07) is 3.44. The number of nitrogens with one attached hydrogen (secondary N) is 1. The van der Waals surface area contributed by atoms with Crippen molar-refractivity contribution in [1.29, 1.82) is 0 Å². The first kappa shape index (κ1) is 12.1. The van der Waals surface area contributed by atoms with Crippen LogP contribution in [0.2, 0.25) is 0 Å². The zero-order valence-electron chi connectivity index (χ0n) is 9.65. The Hall–Kier alpha value is -1.40. The van der Waals surface area contributed by atoms with Gasteiger partial charge in [0, 0.05) is 4.90 Å². The summed E-state index contributed by atoms with van der Waals surface area (Å²) in [5, 5.41) is 0. The molecule has 92 valence electrons. The summed E-state index contributed by atoms with van der Waals surface area (Å²) in [5.74, 6) is 0.994. The highest BCUT2D eigenvalue weighted by Crippen LogP contribution is 2.37. The van der Waals surface area contributed by atoms with E-state index in [1.807, 2.05) is 12.1 Å². The minimum absolute atomic E-state index is 0.342. The molecule has 1 aromatic rings. The molecule has 0 saturated heterocycles. The smallest absolute Gasteiger partial charge is 0.235 e. The summed E-state index contributed by atoms with van der Waals surface area (Å²) in [4.78, 5) is 12.2. The normalized spacial score (nSPS) is 18.4. The van der Waals surface area contributed by atoms with E-state index in [-0.39, 0.29) is 11.9 Å². The van der Waals surface area contributed by atoms with Crippen LogP contribution in [-0.2, 0) is 11.2 Å². The lowest BCUT2D eigenvalue weighted by atomic mass is 10.1. The van der Waals surface area contributed by atoms with Gasteiger partial charge in [0.2, 0.25) is 5.91 Å². The van der Waals surface area contributed by atoms with Crippen molar-refractivity contribution in [1.82, 2.24) is 4.72 Å². The molecule has 1 aliphatic rings. The number of carbonyl (C=O) groups excluding carboxylic acids is 1. The highest BCUT2D eigenvalue weighted by atomic mass is 32.2. The summed E-state index contributed by atoms with van der Waals surface area (Å²) in [5.41, 5.74) is 6.32. The van der Waals surface area contributed by atoms with Crippen molar-refractivity contribution in [3.05, 3.63) is 17.7 Å². The van der Waals surface area contributed by atoms with E-state index in [9.17, 15) is 4.79 Å². The number of ether oxygens (including phenoxy) is 2. The van der Waals surface area contributed by atoms with Gasteiger partial charge in [0.15, 0.2) is 11.5 Å². The highest BCUT2D eigenvalue weighted by molar-refractivity contribution is 7.97. The molecule has 2 rings (SSSR count). The lowest BCUT2D eigenvalue weighted by Gasteiger charge is -2.24. The van der Waals surface area contributed by atoms with Crippen LogP contribution in [0.15, 0.2) is 17.0 Å². The third-order valence-corrected chi connectivity index (χ3v) is 3.65. The van der Waals surface area contributed by atoms with E-state index < -0.39 is 0 Å². The van der Waals surface area contributed by atoms with E-state index in [0.717, 1.165) is 10.5 Å². The van der Waals surface area contributed by atoms with Gasteiger partial charge in [-0.1, -0.05) is 0 Å². The van der Waals surface area contributed by atoms with Crippen LogP contribution in [0.5, 0.6) is 11.5 Å². The second-order valence-electron chi connectivity index (χ2n) is 3.69. The summed E-state index contributed by atoms with van der Waals surface area (Å²) in [7, 11) is 3.18. The third-order valence-electron chi connectivity index (χ3n) is 2.65. The van der Waals surface area contributed by atoms with E-state index in [4.69, 9.17) is 15.2 Å². The van der Waals surface area contributed by atoms with E-state index in [2.05, 4.69) is 4.72 Å². The molecule has 6 heteroatoms. The molecular formula is C11H14N2O3S. The number of rotatable bonds is 3. The molecule has 1 aromatic carbocycles. The molecule has 5 nitrogen and oxygen atoms in total. The summed E-state index contributed by atoms with van der Waals surface area (Å²) < 4.78 is 13.5. The number of primary amides is 1. The topological polar surface area (TPSA) is 73.6 Å². The van der Waals surface area contributed by atoms with E-state index in [1.54, 1.807) is 14.2 Å². The van der Waals surface area contributed by atoms with Crippen molar-refractivity contribution in [3.63, 3.8) is 0 Å². The Kier molecular flexibility index (Phi) is 3.44. The second-order valence-corrected chi connectivity index (χ2v) is 4.57. The SMILES string of the molecule is COc1cc2c(cc1OC)SNC(C(N)=O)C2. The van der Waals surface area contributed by atoms with Crippen LogP contribution in [-0.4, -0.2) is 26.2 Å². The number of benzene rings is 1. The maximum absolute atomic E-state index is 11.1. The number of methoxy groups -OCH3 is 2. The highest BCUT2D eigenvalue weighted by Gasteiger charge is 2.24. The van der Waals surface area contributed by atoms with Gasteiger partial charge in [-0.15, -0.1) is 0 Å².